The van der Waals surface area contributed by atoms with Crippen molar-refractivity contribution in [2.75, 3.05) is 5.32 Å². The molecule has 1 aliphatic heterocycles. The number of hydrogen-bond acceptors (Lipinski definition) is 3. The summed E-state index contributed by atoms with van der Waals surface area (Å²) < 4.78 is 0. The lowest BCUT2D eigenvalue weighted by Crippen LogP contribution is -2.32. The van der Waals surface area contributed by atoms with Crippen LogP contribution >= 0.6 is 0 Å². The van der Waals surface area contributed by atoms with E-state index in [-0.39, 0.29) is 18.4 Å². The molecule has 0 spiro atoms. The molecular weight excluding hydrogens is 396 g/mol. The van der Waals surface area contributed by atoms with E-state index in [1.54, 1.807) is 0 Å². The van der Waals surface area contributed by atoms with Crippen LogP contribution < -0.4 is 5.32 Å². The molecule has 0 saturated heterocycles. The molecular formula is C28H28N2O2. The van der Waals surface area contributed by atoms with Crippen LogP contribution in [0, 0.1) is 34.6 Å². The van der Waals surface area contributed by atoms with Gasteiger partial charge in [0, 0.05) is 5.69 Å². The highest BCUT2D eigenvalue weighted by Gasteiger charge is 2.39. The zero-order valence-electron chi connectivity index (χ0n) is 19.2. The van der Waals surface area contributed by atoms with Gasteiger partial charge in [0.15, 0.2) is 0 Å². The normalized spacial score (nSPS) is 13.8. The molecule has 4 nitrogen and oxygen atoms in total. The van der Waals surface area contributed by atoms with Gasteiger partial charge in [0.2, 0.25) is 0 Å². The van der Waals surface area contributed by atoms with Crippen molar-refractivity contribution in [2.24, 2.45) is 0 Å². The summed E-state index contributed by atoms with van der Waals surface area (Å²) in [5.41, 5.74) is 8.69. The molecule has 0 saturated carbocycles. The monoisotopic (exact) mass is 424 g/mol. The average Bonchev–Trinajstić information content (AvgIpc) is 2.96. The van der Waals surface area contributed by atoms with Gasteiger partial charge in [-0.25, -0.2) is 0 Å². The van der Waals surface area contributed by atoms with E-state index in [0.29, 0.717) is 11.3 Å². The number of hydrogen-bond donors (Lipinski definition) is 1. The predicted octanol–water partition coefficient (Wildman–Crippen LogP) is 5.62. The maximum Gasteiger partial charge on any atom is 0.278 e. The van der Waals surface area contributed by atoms with Gasteiger partial charge in [0.05, 0.1) is 12.1 Å². The lowest BCUT2D eigenvalue weighted by atomic mass is 9.97. The molecule has 4 rings (SSSR count). The molecule has 4 heteroatoms. The first kappa shape index (κ1) is 21.6. The maximum absolute atomic E-state index is 13.6. The van der Waals surface area contributed by atoms with Crippen molar-refractivity contribution in [3.8, 4) is 0 Å². The summed E-state index contributed by atoms with van der Waals surface area (Å²) in [5.74, 6) is -0.569. The summed E-state index contributed by atoms with van der Waals surface area (Å²) in [6.07, 6.45) is 0. The number of amides is 2. The van der Waals surface area contributed by atoms with Gasteiger partial charge in [-0.1, -0.05) is 71.3 Å². The Balaban J connectivity index is 1.79. The third kappa shape index (κ3) is 4.09. The molecule has 0 aliphatic carbocycles. The Labute approximate surface area is 189 Å². The van der Waals surface area contributed by atoms with Crippen LogP contribution in [-0.4, -0.2) is 16.7 Å². The summed E-state index contributed by atoms with van der Waals surface area (Å²) in [5, 5.41) is 3.30. The molecule has 3 aromatic rings. The van der Waals surface area contributed by atoms with Crippen molar-refractivity contribution in [3.63, 3.8) is 0 Å². The van der Waals surface area contributed by atoms with Crippen molar-refractivity contribution < 1.29 is 9.59 Å². The summed E-state index contributed by atoms with van der Waals surface area (Å²) >= 11 is 0. The first-order valence-corrected chi connectivity index (χ1v) is 10.8. The topological polar surface area (TPSA) is 49.4 Å². The van der Waals surface area contributed by atoms with Gasteiger partial charge >= 0.3 is 0 Å². The number of imide groups is 1. The zero-order valence-corrected chi connectivity index (χ0v) is 19.2. The average molecular weight is 425 g/mol. The largest absolute Gasteiger partial charge is 0.350 e. The van der Waals surface area contributed by atoms with Crippen LogP contribution in [0.15, 0.2) is 66.4 Å². The van der Waals surface area contributed by atoms with Gasteiger partial charge in [-0.15, -0.1) is 0 Å². The number of aryl methyl sites for hydroxylation is 5. The van der Waals surface area contributed by atoms with E-state index >= 15 is 0 Å². The highest BCUT2D eigenvalue weighted by atomic mass is 16.2. The van der Waals surface area contributed by atoms with E-state index in [2.05, 4.69) is 11.4 Å². The summed E-state index contributed by atoms with van der Waals surface area (Å²) in [7, 11) is 0. The summed E-state index contributed by atoms with van der Waals surface area (Å²) in [6.45, 7) is 10.3. The van der Waals surface area contributed by atoms with Crippen LogP contribution in [0.25, 0.3) is 5.57 Å². The summed E-state index contributed by atoms with van der Waals surface area (Å²) in [4.78, 5) is 28.4. The fraction of sp³-hybridized carbons (Fsp3) is 0.214. The fourth-order valence-electron chi connectivity index (χ4n) is 4.14. The minimum Gasteiger partial charge on any atom is -0.350 e. The van der Waals surface area contributed by atoms with Crippen LogP contribution in [0.2, 0.25) is 0 Å². The maximum atomic E-state index is 13.6. The van der Waals surface area contributed by atoms with Gasteiger partial charge in [-0.2, -0.15) is 0 Å². The minimum atomic E-state index is -0.300. The molecule has 2 amide bonds. The Hall–Kier alpha value is -3.66. The lowest BCUT2D eigenvalue weighted by Gasteiger charge is -2.16. The molecule has 0 bridgehead atoms. The highest BCUT2D eigenvalue weighted by Crippen LogP contribution is 2.34. The predicted molar refractivity (Wildman–Crippen MR) is 129 cm³/mol. The minimum absolute atomic E-state index is 0.240. The fourth-order valence-corrected chi connectivity index (χ4v) is 4.14. The second kappa shape index (κ2) is 8.46. The molecule has 162 valence electrons. The first-order chi connectivity index (χ1) is 15.2. The Morgan fingerprint density at radius 1 is 0.688 bits per heavy atom. The quantitative estimate of drug-likeness (QED) is 0.541. The summed E-state index contributed by atoms with van der Waals surface area (Å²) in [6, 6.07) is 19.9. The van der Waals surface area contributed by atoms with E-state index < -0.39 is 0 Å². The Morgan fingerprint density at radius 2 is 1.28 bits per heavy atom. The van der Waals surface area contributed by atoms with Crippen LogP contribution in [0.5, 0.6) is 0 Å². The lowest BCUT2D eigenvalue weighted by molar-refractivity contribution is -0.137. The molecule has 0 unspecified atom stereocenters. The number of carbonyl (C=O) groups is 2. The van der Waals surface area contributed by atoms with Crippen LogP contribution in [-0.2, 0) is 16.1 Å². The van der Waals surface area contributed by atoms with Gasteiger partial charge in [0.25, 0.3) is 11.8 Å². The number of carbonyl (C=O) groups excluding carboxylic acids is 2. The second-order valence-corrected chi connectivity index (χ2v) is 8.69. The van der Waals surface area contributed by atoms with E-state index in [4.69, 9.17) is 0 Å². The number of benzene rings is 3. The molecule has 32 heavy (non-hydrogen) atoms. The Kier molecular flexibility index (Phi) is 5.70. The molecule has 3 aromatic carbocycles. The first-order valence-electron chi connectivity index (χ1n) is 10.8. The van der Waals surface area contributed by atoms with Crippen LogP contribution in [0.4, 0.5) is 5.69 Å². The molecule has 0 radical (unpaired) electrons. The zero-order chi connectivity index (χ0) is 23.0. The molecule has 1 aliphatic rings. The van der Waals surface area contributed by atoms with Crippen molar-refractivity contribution in [3.05, 3.63) is 105 Å². The van der Waals surface area contributed by atoms with E-state index in [1.165, 1.54) is 4.90 Å². The van der Waals surface area contributed by atoms with Crippen molar-refractivity contribution >= 4 is 23.1 Å². The molecule has 0 fully saturated rings. The molecule has 1 N–H and O–H groups in total. The number of nitrogens with zero attached hydrogens (tertiary/aromatic N) is 1. The second-order valence-electron chi connectivity index (χ2n) is 8.69. The van der Waals surface area contributed by atoms with Gasteiger partial charge in [-0.05, 0) is 62.9 Å². The highest BCUT2D eigenvalue weighted by molar-refractivity contribution is 6.36. The van der Waals surface area contributed by atoms with Crippen molar-refractivity contribution in [1.29, 1.82) is 0 Å². The smallest absolute Gasteiger partial charge is 0.278 e. The Bertz CT molecular complexity index is 1250. The molecule has 0 atom stereocenters. The number of rotatable bonds is 5. The molecule has 1 heterocycles. The Morgan fingerprint density at radius 3 is 1.91 bits per heavy atom. The van der Waals surface area contributed by atoms with Crippen molar-refractivity contribution in [1.82, 2.24) is 4.90 Å². The van der Waals surface area contributed by atoms with Gasteiger partial charge in [-0.3, -0.25) is 14.5 Å². The van der Waals surface area contributed by atoms with Crippen molar-refractivity contribution in [2.45, 2.75) is 41.2 Å². The third-order valence-electron chi connectivity index (χ3n) is 5.92. The van der Waals surface area contributed by atoms with Gasteiger partial charge in [0.1, 0.15) is 5.70 Å². The number of anilines is 1. The SMILES string of the molecule is Cc1ccc(CN2C(=O)C(Nc3ccc(C)cc3C)=C(c3ccc(C)cc3C)C2=O)cc1. The van der Waals surface area contributed by atoms with E-state index in [0.717, 1.165) is 44.6 Å². The van der Waals surface area contributed by atoms with E-state index in [1.807, 2.05) is 89.2 Å². The standard InChI is InChI=1S/C28H28N2O2/c1-17-6-10-22(11-7-17)16-30-27(31)25(23-12-8-18(2)14-20(23)4)26(28(30)32)29-24-13-9-19(3)15-21(24)5/h6-15,29H,16H2,1-5H3. The molecule has 0 aromatic heterocycles. The van der Waals surface area contributed by atoms with E-state index in [9.17, 15) is 9.59 Å². The van der Waals surface area contributed by atoms with Crippen LogP contribution in [0.3, 0.4) is 0 Å². The third-order valence-corrected chi connectivity index (χ3v) is 5.92. The van der Waals surface area contributed by atoms with Gasteiger partial charge < -0.3 is 5.32 Å². The number of nitrogens with one attached hydrogen (secondary N) is 1. The van der Waals surface area contributed by atoms with Crippen LogP contribution in [0.1, 0.15) is 38.9 Å².